The molecular formula is C33H25IrN3S. The van der Waals surface area contributed by atoms with Gasteiger partial charge in [-0.3, -0.25) is 0 Å². The molecule has 0 fully saturated rings. The van der Waals surface area contributed by atoms with Gasteiger partial charge in [-0.1, -0.05) is 51.6 Å². The number of para-hydroxylation sites is 2. The van der Waals surface area contributed by atoms with Crippen LogP contribution < -0.4 is 4.58 Å². The van der Waals surface area contributed by atoms with Crippen LogP contribution in [0.25, 0.3) is 31.4 Å². The summed E-state index contributed by atoms with van der Waals surface area (Å²) >= 11 is 1.83. The second-order valence-corrected chi connectivity index (χ2v) is 10.1. The van der Waals surface area contributed by atoms with Crippen molar-refractivity contribution < 1.29 is 24.7 Å². The third-order valence-corrected chi connectivity index (χ3v) is 7.49. The Morgan fingerprint density at radius 1 is 0.763 bits per heavy atom. The van der Waals surface area contributed by atoms with Gasteiger partial charge in [0.1, 0.15) is 5.69 Å². The smallest absolute Gasteiger partial charge is 0.305 e. The zero-order chi connectivity index (χ0) is 25.2. The van der Waals surface area contributed by atoms with Gasteiger partial charge in [0.05, 0.1) is 0 Å². The first kappa shape index (κ1) is 25.9. The van der Waals surface area contributed by atoms with Crippen LogP contribution in [0, 0.1) is 12.1 Å². The standard InChI is InChI=1S/C22H17N2S.C11H8N.Ir/c1-15(2)23-14-24(19-11-5-4-10-18(19)23)20-12-7-9-17-16-8-3-6-13-21(16)25-22(17)20;1-2-6-10(7-3-1)11-8-4-5-9-12-11;/h3-11,13,15H,1-2H3;1-6,8-9H;/q+1;-1;. The summed E-state index contributed by atoms with van der Waals surface area (Å²) in [5.74, 6) is 0. The zero-order valence-corrected chi connectivity index (χ0v) is 24.3. The molecule has 2 aromatic heterocycles. The second-order valence-electron chi connectivity index (χ2n) is 9.05. The maximum Gasteiger partial charge on any atom is 0.494 e. The van der Waals surface area contributed by atoms with Gasteiger partial charge < -0.3 is 4.98 Å². The van der Waals surface area contributed by atoms with E-state index in [9.17, 15) is 0 Å². The molecule has 4 aromatic carbocycles. The molecule has 0 aliphatic carbocycles. The predicted molar refractivity (Wildman–Crippen MR) is 155 cm³/mol. The fraction of sp³-hybridized carbons (Fsp3) is 0.0909. The fourth-order valence-electron chi connectivity index (χ4n) is 4.55. The van der Waals surface area contributed by atoms with Crippen LogP contribution in [0.5, 0.6) is 0 Å². The maximum atomic E-state index is 4.22. The van der Waals surface area contributed by atoms with Crippen molar-refractivity contribution in [2.24, 2.45) is 0 Å². The second kappa shape index (κ2) is 11.3. The number of rotatable bonds is 3. The van der Waals surface area contributed by atoms with Crippen LogP contribution in [-0.4, -0.2) is 21.6 Å². The summed E-state index contributed by atoms with van der Waals surface area (Å²) in [6.07, 6.45) is 1.79. The minimum atomic E-state index is 0. The Morgan fingerprint density at radius 2 is 1.53 bits per heavy atom. The van der Waals surface area contributed by atoms with E-state index in [0.29, 0.717) is 6.04 Å². The van der Waals surface area contributed by atoms with Gasteiger partial charge in [0.15, 0.2) is 6.04 Å². The third-order valence-electron chi connectivity index (χ3n) is 6.30. The molecule has 1 radical (unpaired) electrons. The summed E-state index contributed by atoms with van der Waals surface area (Å²) in [6.45, 7) is 4.38. The first-order valence-electron chi connectivity index (χ1n) is 12.4. The van der Waals surface area contributed by atoms with E-state index in [4.69, 9.17) is 0 Å². The Labute approximate surface area is 240 Å². The first-order chi connectivity index (χ1) is 18.2. The molecule has 0 unspecified atom stereocenters. The molecule has 3 nitrogen and oxygen atoms in total. The molecule has 0 atom stereocenters. The van der Waals surface area contributed by atoms with Gasteiger partial charge in [-0.05, 0) is 41.8 Å². The monoisotopic (exact) mass is 688 g/mol. The molecule has 7 rings (SSSR count). The van der Waals surface area contributed by atoms with Crippen molar-refractivity contribution in [2.75, 3.05) is 0 Å². The number of aromatic nitrogens is 1. The van der Waals surface area contributed by atoms with Crippen LogP contribution in [0.15, 0.2) is 109 Å². The number of hydrogen-bond acceptors (Lipinski definition) is 2. The van der Waals surface area contributed by atoms with E-state index in [1.165, 1.54) is 25.9 Å². The van der Waals surface area contributed by atoms with Crippen molar-refractivity contribution >= 4 is 54.6 Å². The number of fused-ring (bicyclic) bond motifs is 4. The summed E-state index contributed by atoms with van der Waals surface area (Å²) < 4.78 is 6.94. The number of thiophene rings is 1. The Bertz CT molecular complexity index is 1750. The van der Waals surface area contributed by atoms with Gasteiger partial charge >= 0.3 is 6.01 Å². The molecule has 0 bridgehead atoms. The average Bonchev–Trinajstić information content (AvgIpc) is 3.54. The molecule has 187 valence electrons. The summed E-state index contributed by atoms with van der Waals surface area (Å²) in [6, 6.07) is 45.5. The molecule has 0 spiro atoms. The van der Waals surface area contributed by atoms with Gasteiger partial charge in [0, 0.05) is 43.1 Å². The first-order valence-corrected chi connectivity index (χ1v) is 13.2. The van der Waals surface area contributed by atoms with Gasteiger partial charge in [-0.15, -0.1) is 47.3 Å². The number of benzene rings is 4. The summed E-state index contributed by atoms with van der Waals surface area (Å²) in [5.41, 5.74) is 5.45. The maximum absolute atomic E-state index is 4.22. The Balaban J connectivity index is 0.000000191. The van der Waals surface area contributed by atoms with E-state index in [2.05, 4.69) is 101 Å². The predicted octanol–water partition coefficient (Wildman–Crippen LogP) is 8.48. The van der Waals surface area contributed by atoms with Crippen molar-refractivity contribution in [3.05, 3.63) is 121 Å². The van der Waals surface area contributed by atoms with Crippen LogP contribution in [0.1, 0.15) is 13.8 Å². The van der Waals surface area contributed by atoms with Crippen LogP contribution in [0.3, 0.4) is 0 Å². The zero-order valence-electron chi connectivity index (χ0n) is 21.1. The van der Waals surface area contributed by atoms with E-state index < -0.39 is 0 Å². The van der Waals surface area contributed by atoms with Crippen molar-refractivity contribution in [3.63, 3.8) is 0 Å². The molecule has 1 aliphatic rings. The Hall–Kier alpha value is -3.72. The molecule has 0 amide bonds. The number of hydrogen-bond donors (Lipinski definition) is 0. The minimum absolute atomic E-state index is 0. The normalized spacial score (nSPS) is 11.9. The van der Waals surface area contributed by atoms with Crippen molar-refractivity contribution in [1.29, 1.82) is 0 Å². The van der Waals surface area contributed by atoms with Gasteiger partial charge in [-0.25, -0.2) is 0 Å². The van der Waals surface area contributed by atoms with Gasteiger partial charge in [-0.2, -0.15) is 23.5 Å². The number of nitrogens with zero attached hydrogens (tertiary/aromatic N) is 3. The van der Waals surface area contributed by atoms with E-state index >= 15 is 0 Å². The molecule has 6 aromatic rings. The van der Waals surface area contributed by atoms with E-state index in [1.54, 1.807) is 6.20 Å². The third kappa shape index (κ3) is 4.90. The SMILES string of the molecule is CC(C)[N+]1=C=[N+](c2[c-]ccc3c2sc2ccccc23)c2ccccc21.[Ir].[c-]1ccccc1-c1ccccn1. The number of pyridine rings is 1. The van der Waals surface area contributed by atoms with Crippen molar-refractivity contribution in [2.45, 2.75) is 19.9 Å². The molecular weight excluding hydrogens is 663 g/mol. The van der Waals surface area contributed by atoms with Crippen LogP contribution in [0.2, 0.25) is 0 Å². The van der Waals surface area contributed by atoms with Crippen LogP contribution in [-0.2, 0) is 20.1 Å². The molecule has 38 heavy (non-hydrogen) atoms. The summed E-state index contributed by atoms with van der Waals surface area (Å²) in [5, 5.41) is 2.60. The van der Waals surface area contributed by atoms with E-state index in [0.717, 1.165) is 22.6 Å². The Kier molecular flexibility index (Phi) is 7.74. The average molecular weight is 688 g/mol. The van der Waals surface area contributed by atoms with E-state index in [1.807, 2.05) is 59.9 Å². The van der Waals surface area contributed by atoms with Gasteiger partial charge in [0.2, 0.25) is 0 Å². The summed E-state index contributed by atoms with van der Waals surface area (Å²) in [4.78, 5) is 4.22. The van der Waals surface area contributed by atoms with Crippen LogP contribution >= 0.6 is 11.3 Å². The fourth-order valence-corrected chi connectivity index (χ4v) is 5.74. The minimum Gasteiger partial charge on any atom is -0.305 e. The molecule has 0 saturated carbocycles. The quantitative estimate of drug-likeness (QED) is 0.135. The van der Waals surface area contributed by atoms with Gasteiger partial charge in [0.25, 0.3) is 11.4 Å². The van der Waals surface area contributed by atoms with Crippen molar-refractivity contribution in [1.82, 2.24) is 9.56 Å². The van der Waals surface area contributed by atoms with Crippen LogP contribution in [0.4, 0.5) is 17.1 Å². The molecule has 0 N–H and O–H groups in total. The topological polar surface area (TPSA) is 18.9 Å². The largest absolute Gasteiger partial charge is 0.494 e. The molecule has 3 heterocycles. The summed E-state index contributed by atoms with van der Waals surface area (Å²) in [7, 11) is 0. The molecule has 1 aliphatic heterocycles. The van der Waals surface area contributed by atoms with E-state index in [-0.39, 0.29) is 20.1 Å². The molecule has 0 saturated heterocycles. The molecule has 5 heteroatoms. The van der Waals surface area contributed by atoms with Crippen molar-refractivity contribution in [3.8, 4) is 11.3 Å². The Morgan fingerprint density at radius 3 is 2.29 bits per heavy atom.